The van der Waals surface area contributed by atoms with Gasteiger partial charge < -0.3 is 25.2 Å². The van der Waals surface area contributed by atoms with Crippen LogP contribution in [-0.2, 0) is 9.59 Å². The summed E-state index contributed by atoms with van der Waals surface area (Å²) in [5, 5.41) is 23.0. The molecule has 0 aromatic heterocycles. The zero-order valence-corrected chi connectivity index (χ0v) is 20.0. The van der Waals surface area contributed by atoms with Gasteiger partial charge in [0, 0.05) is 31.0 Å². The summed E-state index contributed by atoms with van der Waals surface area (Å²) in [6.07, 6.45) is 4.47. The average molecular weight is 542 g/mol. The Morgan fingerprint density at radius 2 is 1.97 bits per heavy atom. The molecule has 2 aliphatic carbocycles. The number of halogens is 1. The van der Waals surface area contributed by atoms with Crippen molar-refractivity contribution in [3.8, 4) is 5.75 Å². The number of aliphatic hydroxyl groups excluding tert-OH is 2. The maximum Gasteiger partial charge on any atom is 0.247 e. The molecule has 3 rings (SSSR count). The van der Waals surface area contributed by atoms with E-state index in [0.29, 0.717) is 17.7 Å². The number of hydrogen-bond donors (Lipinski definition) is 3. The molecule has 0 aliphatic heterocycles. The van der Waals surface area contributed by atoms with E-state index in [-0.39, 0.29) is 37.4 Å². The highest BCUT2D eigenvalue weighted by Crippen LogP contribution is 2.34. The lowest BCUT2D eigenvalue weighted by Gasteiger charge is -2.43. The van der Waals surface area contributed by atoms with Gasteiger partial charge in [0.25, 0.3) is 0 Å². The van der Waals surface area contributed by atoms with Crippen molar-refractivity contribution in [2.75, 3.05) is 13.2 Å². The Bertz CT molecular complexity index is 809. The molecular weight excluding hydrogens is 511 g/mol. The number of carbonyl (C=O) groups is 2. The molecule has 0 heterocycles. The van der Waals surface area contributed by atoms with Gasteiger partial charge in [-0.25, -0.2) is 0 Å². The molecule has 2 aliphatic rings. The molecule has 1 saturated carbocycles. The lowest BCUT2D eigenvalue weighted by Crippen LogP contribution is -2.57. The third-order valence-corrected chi connectivity index (χ3v) is 6.87. The first-order valence-corrected chi connectivity index (χ1v) is 12.0. The maximum absolute atomic E-state index is 12.9. The third-order valence-electron chi connectivity index (χ3n) is 5.98. The summed E-state index contributed by atoms with van der Waals surface area (Å²) in [5.41, 5.74) is 0.464. The zero-order chi connectivity index (χ0) is 22.4. The van der Waals surface area contributed by atoms with Crippen LogP contribution in [0.2, 0.25) is 0 Å². The van der Waals surface area contributed by atoms with Gasteiger partial charge in [0.15, 0.2) is 0 Å². The van der Waals surface area contributed by atoms with Crippen molar-refractivity contribution < 1.29 is 24.5 Å². The van der Waals surface area contributed by atoms with Crippen molar-refractivity contribution in [2.24, 2.45) is 0 Å². The number of aliphatic hydroxyl groups is 2. The van der Waals surface area contributed by atoms with Gasteiger partial charge in [-0.1, -0.05) is 31.9 Å². The van der Waals surface area contributed by atoms with Crippen molar-refractivity contribution in [2.45, 2.75) is 69.7 Å². The van der Waals surface area contributed by atoms with Crippen LogP contribution in [0.3, 0.4) is 0 Å². The van der Waals surface area contributed by atoms with Crippen LogP contribution in [0.15, 0.2) is 35.9 Å². The average Bonchev–Trinajstić information content (AvgIpc) is 3.30. The molecule has 2 amide bonds. The number of nitrogens with zero attached hydrogens (tertiary/aromatic N) is 1. The first-order chi connectivity index (χ1) is 15.0. The van der Waals surface area contributed by atoms with Crippen LogP contribution < -0.4 is 10.1 Å². The lowest BCUT2D eigenvalue weighted by atomic mass is 9.87. The fraction of sp³-hybridized carbons (Fsp3) is 0.565. The van der Waals surface area contributed by atoms with E-state index in [2.05, 4.69) is 27.9 Å². The van der Waals surface area contributed by atoms with Crippen molar-refractivity contribution >= 4 is 34.4 Å². The molecule has 1 aromatic rings. The molecule has 8 heteroatoms. The molecule has 0 spiro atoms. The fourth-order valence-corrected chi connectivity index (χ4v) is 4.97. The van der Waals surface area contributed by atoms with E-state index in [1.807, 2.05) is 36.1 Å². The molecule has 3 atom stereocenters. The van der Waals surface area contributed by atoms with Gasteiger partial charge >= 0.3 is 0 Å². The Balaban J connectivity index is 1.93. The molecule has 170 valence electrons. The highest BCUT2D eigenvalue weighted by molar-refractivity contribution is 14.1. The lowest BCUT2D eigenvalue weighted by molar-refractivity contribution is -0.141. The second-order valence-corrected chi connectivity index (χ2v) is 9.20. The quantitative estimate of drug-likeness (QED) is 0.439. The van der Waals surface area contributed by atoms with Crippen LogP contribution in [0, 0.1) is 3.57 Å². The summed E-state index contributed by atoms with van der Waals surface area (Å²) in [7, 11) is 0. The monoisotopic (exact) mass is 542 g/mol. The smallest absolute Gasteiger partial charge is 0.247 e. The normalized spacial score (nSPS) is 23.9. The second kappa shape index (κ2) is 11.3. The van der Waals surface area contributed by atoms with E-state index in [1.54, 1.807) is 6.08 Å². The summed E-state index contributed by atoms with van der Waals surface area (Å²) in [6.45, 7) is 1.81. The van der Waals surface area contributed by atoms with E-state index in [9.17, 15) is 14.7 Å². The van der Waals surface area contributed by atoms with Crippen molar-refractivity contribution in [3.05, 3.63) is 39.5 Å². The molecular formula is C23H31IN2O5. The molecule has 1 fully saturated rings. The van der Waals surface area contributed by atoms with Crippen molar-refractivity contribution in [1.29, 1.82) is 0 Å². The first-order valence-electron chi connectivity index (χ1n) is 11.0. The number of nitrogens with one attached hydrogen (secondary N) is 1. The Morgan fingerprint density at radius 3 is 2.61 bits per heavy atom. The topological polar surface area (TPSA) is 99.1 Å². The van der Waals surface area contributed by atoms with E-state index < -0.39 is 18.2 Å². The summed E-state index contributed by atoms with van der Waals surface area (Å²) in [6, 6.07) is 7.02. The summed E-state index contributed by atoms with van der Waals surface area (Å²) < 4.78 is 7.03. The van der Waals surface area contributed by atoms with Crippen molar-refractivity contribution in [1.82, 2.24) is 10.2 Å². The number of carbonyl (C=O) groups excluding carboxylic acids is 2. The second-order valence-electron chi connectivity index (χ2n) is 8.04. The van der Waals surface area contributed by atoms with Crippen LogP contribution in [0.1, 0.15) is 45.4 Å². The predicted octanol–water partition coefficient (Wildman–Crippen LogP) is 2.39. The van der Waals surface area contributed by atoms with Gasteiger partial charge in [-0.05, 0) is 53.6 Å². The van der Waals surface area contributed by atoms with Gasteiger partial charge in [-0.2, -0.15) is 0 Å². The Labute approximate surface area is 197 Å². The largest absolute Gasteiger partial charge is 0.482 e. The molecule has 7 nitrogen and oxygen atoms in total. The number of para-hydroxylation sites is 1. The fourth-order valence-electron chi connectivity index (χ4n) is 4.46. The molecule has 3 N–H and O–H groups in total. The molecule has 0 bridgehead atoms. The summed E-state index contributed by atoms with van der Waals surface area (Å²) in [4.78, 5) is 27.5. The minimum Gasteiger partial charge on any atom is -0.482 e. The van der Waals surface area contributed by atoms with Gasteiger partial charge in [-0.3, -0.25) is 9.59 Å². The van der Waals surface area contributed by atoms with Crippen LogP contribution in [0.25, 0.3) is 0 Å². The van der Waals surface area contributed by atoms with Crippen molar-refractivity contribution in [3.63, 3.8) is 0 Å². The molecule has 1 aromatic carbocycles. The molecule has 31 heavy (non-hydrogen) atoms. The Hall–Kier alpha value is -1.65. The van der Waals surface area contributed by atoms with Crippen LogP contribution in [0.5, 0.6) is 5.75 Å². The van der Waals surface area contributed by atoms with Gasteiger partial charge in [0.05, 0.1) is 16.2 Å². The summed E-state index contributed by atoms with van der Waals surface area (Å²) in [5.74, 6) is 0.298. The molecule has 0 saturated heterocycles. The molecule has 3 unspecified atom stereocenters. The predicted molar refractivity (Wildman–Crippen MR) is 126 cm³/mol. The number of ether oxygens (including phenoxy) is 1. The van der Waals surface area contributed by atoms with E-state index in [0.717, 1.165) is 29.3 Å². The van der Waals surface area contributed by atoms with E-state index in [1.165, 1.54) is 0 Å². The Kier molecular flexibility index (Phi) is 8.74. The first kappa shape index (κ1) is 24.0. The van der Waals surface area contributed by atoms with E-state index in [4.69, 9.17) is 9.84 Å². The number of amides is 2. The van der Waals surface area contributed by atoms with Crippen LogP contribution in [0.4, 0.5) is 0 Å². The minimum atomic E-state index is -0.957. The highest BCUT2D eigenvalue weighted by Gasteiger charge is 2.43. The molecule has 0 radical (unpaired) electrons. The highest BCUT2D eigenvalue weighted by atomic mass is 127. The summed E-state index contributed by atoms with van der Waals surface area (Å²) >= 11 is 2.17. The third kappa shape index (κ3) is 5.78. The van der Waals surface area contributed by atoms with Crippen LogP contribution in [-0.4, -0.2) is 64.4 Å². The van der Waals surface area contributed by atoms with Gasteiger partial charge in [-0.15, -0.1) is 0 Å². The maximum atomic E-state index is 12.9. The van der Waals surface area contributed by atoms with E-state index >= 15 is 0 Å². The Morgan fingerprint density at radius 1 is 1.26 bits per heavy atom. The standard InChI is InChI=1S/C23H31IN2O5/c1-2-21(28)26(16-7-3-4-8-16)18-13-15(23(30)25-11-12-27)14-20(22(18)29)31-19-10-6-5-9-17(19)24/h5-6,9-10,14,16,18,20,22,27,29H,2-4,7-8,11-13H2,1H3,(H,25,30). The number of hydrogen-bond acceptors (Lipinski definition) is 5. The number of benzene rings is 1. The van der Waals surface area contributed by atoms with Gasteiger partial charge in [0.1, 0.15) is 18.0 Å². The minimum absolute atomic E-state index is 0.0130. The zero-order valence-electron chi connectivity index (χ0n) is 17.8. The SMILES string of the molecule is CCC(=O)N(C1CCCC1)C1CC(C(=O)NCCO)=CC(Oc2ccccc2I)C1O. The number of rotatable bonds is 8. The van der Waals surface area contributed by atoms with Crippen LogP contribution >= 0.6 is 22.6 Å². The van der Waals surface area contributed by atoms with Gasteiger partial charge in [0.2, 0.25) is 11.8 Å².